The van der Waals surface area contributed by atoms with E-state index in [1.165, 1.54) is 0 Å². The Kier molecular flexibility index (Phi) is 7.96. The third-order valence-electron chi connectivity index (χ3n) is 5.08. The standard InChI is InChI=1S/C25H23NO5.Na.H/c1-2-3-7-22-24(20-6-4-5-8-21(20)31-22)25(29)26-18-11-9-17-14-19(30-15-23(27)28)12-10-16(17)13-18;;/h4-6,8-14H,2-3,7,15H2,1H3,(H,26,29)(H,27,28);;. The van der Waals surface area contributed by atoms with Gasteiger partial charge in [-0.15, -0.1) is 0 Å². The van der Waals surface area contributed by atoms with Gasteiger partial charge in [0.05, 0.1) is 5.56 Å². The normalized spacial score (nSPS) is 10.7. The third-order valence-corrected chi connectivity index (χ3v) is 5.08. The molecule has 0 fully saturated rings. The molecular weight excluding hydrogens is 417 g/mol. The van der Waals surface area contributed by atoms with Gasteiger partial charge in [0.25, 0.3) is 5.91 Å². The van der Waals surface area contributed by atoms with Crippen LogP contribution in [0.4, 0.5) is 5.69 Å². The number of carbonyl (C=O) groups excluding carboxylic acids is 1. The summed E-state index contributed by atoms with van der Waals surface area (Å²) < 4.78 is 11.2. The number of aliphatic carboxylic acids is 1. The zero-order chi connectivity index (χ0) is 21.8. The summed E-state index contributed by atoms with van der Waals surface area (Å²) in [5.74, 6) is -0.0290. The first-order valence-corrected chi connectivity index (χ1v) is 10.3. The molecule has 0 atom stereocenters. The molecule has 0 aliphatic rings. The van der Waals surface area contributed by atoms with E-state index in [1.807, 2.05) is 48.5 Å². The fraction of sp³-hybridized carbons (Fsp3) is 0.200. The maximum absolute atomic E-state index is 13.2. The van der Waals surface area contributed by atoms with E-state index in [0.717, 1.165) is 29.0 Å². The summed E-state index contributed by atoms with van der Waals surface area (Å²) in [5, 5.41) is 14.3. The molecule has 4 aromatic rings. The van der Waals surface area contributed by atoms with Gasteiger partial charge in [-0.2, -0.15) is 0 Å². The number of furan rings is 1. The van der Waals surface area contributed by atoms with Gasteiger partial charge in [-0.1, -0.05) is 43.7 Å². The van der Waals surface area contributed by atoms with Gasteiger partial charge in [0.15, 0.2) is 6.61 Å². The van der Waals surface area contributed by atoms with E-state index in [0.29, 0.717) is 34.8 Å². The zero-order valence-electron chi connectivity index (χ0n) is 17.2. The number of carboxylic acid groups (broad SMARTS) is 1. The van der Waals surface area contributed by atoms with E-state index in [4.69, 9.17) is 14.3 Å². The minimum atomic E-state index is -1.02. The van der Waals surface area contributed by atoms with Crippen molar-refractivity contribution in [3.63, 3.8) is 0 Å². The van der Waals surface area contributed by atoms with E-state index in [9.17, 15) is 9.59 Å². The van der Waals surface area contributed by atoms with Crippen LogP contribution in [0.5, 0.6) is 5.75 Å². The van der Waals surface area contributed by atoms with E-state index < -0.39 is 12.6 Å². The van der Waals surface area contributed by atoms with Gasteiger partial charge < -0.3 is 19.6 Å². The Labute approximate surface area is 207 Å². The summed E-state index contributed by atoms with van der Waals surface area (Å²) in [6.07, 6.45) is 2.67. The van der Waals surface area contributed by atoms with Crippen LogP contribution >= 0.6 is 0 Å². The average Bonchev–Trinajstić information content (AvgIpc) is 3.14. The second-order valence-electron chi connectivity index (χ2n) is 7.36. The molecule has 0 saturated heterocycles. The molecule has 0 bridgehead atoms. The van der Waals surface area contributed by atoms with Crippen molar-refractivity contribution in [1.82, 2.24) is 0 Å². The molecule has 2 N–H and O–H groups in total. The number of fused-ring (bicyclic) bond motifs is 2. The Balaban J connectivity index is 0.00000289. The molecule has 1 aromatic heterocycles. The molecule has 6 nitrogen and oxygen atoms in total. The number of ether oxygens (including phenoxy) is 1. The van der Waals surface area contributed by atoms with Crippen LogP contribution in [0.3, 0.4) is 0 Å². The van der Waals surface area contributed by atoms with Gasteiger partial charge in [-0.3, -0.25) is 4.79 Å². The van der Waals surface area contributed by atoms with Crippen LogP contribution in [0.25, 0.3) is 21.7 Å². The summed E-state index contributed by atoms with van der Waals surface area (Å²) >= 11 is 0. The molecule has 0 spiro atoms. The van der Waals surface area contributed by atoms with Crippen molar-refractivity contribution in [1.29, 1.82) is 0 Å². The summed E-state index contributed by atoms with van der Waals surface area (Å²) in [7, 11) is 0. The second-order valence-corrected chi connectivity index (χ2v) is 7.36. The molecule has 7 heteroatoms. The topological polar surface area (TPSA) is 88.8 Å². The van der Waals surface area contributed by atoms with Crippen LogP contribution in [0.1, 0.15) is 35.9 Å². The van der Waals surface area contributed by atoms with E-state index in [-0.39, 0.29) is 35.5 Å². The molecule has 1 amide bonds. The Morgan fingerprint density at radius 3 is 2.56 bits per heavy atom. The Bertz CT molecular complexity index is 1260. The predicted molar refractivity (Wildman–Crippen MR) is 127 cm³/mol. The summed E-state index contributed by atoms with van der Waals surface area (Å²) in [6.45, 7) is 1.72. The van der Waals surface area contributed by atoms with Crippen molar-refractivity contribution >= 4 is 68.9 Å². The fourth-order valence-corrected chi connectivity index (χ4v) is 3.59. The quantitative estimate of drug-likeness (QED) is 0.376. The molecule has 0 aliphatic carbocycles. The van der Waals surface area contributed by atoms with Crippen molar-refractivity contribution in [2.45, 2.75) is 26.2 Å². The van der Waals surface area contributed by atoms with Crippen LogP contribution in [-0.4, -0.2) is 53.1 Å². The number of benzene rings is 3. The third kappa shape index (κ3) is 5.33. The van der Waals surface area contributed by atoms with Crippen molar-refractivity contribution in [2.24, 2.45) is 0 Å². The zero-order valence-corrected chi connectivity index (χ0v) is 17.2. The first kappa shape index (κ1) is 23.9. The Morgan fingerprint density at radius 2 is 1.78 bits per heavy atom. The number of nitrogens with one attached hydrogen (secondary N) is 1. The Hall–Kier alpha value is -2.80. The van der Waals surface area contributed by atoms with Crippen molar-refractivity contribution in [3.05, 3.63) is 72.0 Å². The van der Waals surface area contributed by atoms with Crippen LogP contribution in [-0.2, 0) is 11.2 Å². The first-order chi connectivity index (χ1) is 15.0. The van der Waals surface area contributed by atoms with Crippen molar-refractivity contribution < 1.29 is 23.8 Å². The molecule has 0 unspecified atom stereocenters. The van der Waals surface area contributed by atoms with Gasteiger partial charge >= 0.3 is 35.5 Å². The van der Waals surface area contributed by atoms with Gasteiger partial charge in [0, 0.05) is 17.5 Å². The molecule has 1 heterocycles. The molecule has 4 rings (SSSR count). The molecule has 0 aliphatic heterocycles. The number of hydrogen-bond donors (Lipinski definition) is 2. The maximum atomic E-state index is 13.2. The van der Waals surface area contributed by atoms with Crippen LogP contribution in [0.15, 0.2) is 65.1 Å². The van der Waals surface area contributed by atoms with E-state index in [2.05, 4.69) is 12.2 Å². The molecule has 160 valence electrons. The van der Waals surface area contributed by atoms with E-state index in [1.54, 1.807) is 12.1 Å². The van der Waals surface area contributed by atoms with Crippen LogP contribution in [0.2, 0.25) is 0 Å². The van der Waals surface area contributed by atoms with E-state index >= 15 is 0 Å². The fourth-order valence-electron chi connectivity index (χ4n) is 3.59. The number of hydrogen-bond acceptors (Lipinski definition) is 4. The van der Waals surface area contributed by atoms with Gasteiger partial charge in [-0.25, -0.2) is 4.79 Å². The molecule has 0 radical (unpaired) electrons. The SMILES string of the molecule is CCCCc1oc2ccccc2c1C(=O)Nc1ccc2cc(OCC(=O)O)ccc2c1.[NaH]. The molecule has 32 heavy (non-hydrogen) atoms. The molecule has 0 saturated carbocycles. The van der Waals surface area contributed by atoms with Crippen LogP contribution < -0.4 is 10.1 Å². The van der Waals surface area contributed by atoms with Crippen molar-refractivity contribution in [2.75, 3.05) is 11.9 Å². The van der Waals surface area contributed by atoms with Gasteiger partial charge in [0.1, 0.15) is 17.1 Å². The number of aryl methyl sites for hydroxylation is 1. The van der Waals surface area contributed by atoms with Crippen LogP contribution in [0, 0.1) is 0 Å². The number of carbonyl (C=O) groups is 2. The molecule has 3 aromatic carbocycles. The van der Waals surface area contributed by atoms with Gasteiger partial charge in [0.2, 0.25) is 0 Å². The van der Waals surface area contributed by atoms with Crippen molar-refractivity contribution in [3.8, 4) is 5.75 Å². The summed E-state index contributed by atoms with van der Waals surface area (Å²) in [5.41, 5.74) is 1.97. The number of anilines is 1. The minimum absolute atomic E-state index is 0. The number of para-hydroxylation sites is 1. The molecular formula is C25H24NNaO5. The Morgan fingerprint density at radius 1 is 1.03 bits per heavy atom. The number of unbranched alkanes of at least 4 members (excludes halogenated alkanes) is 1. The number of carboxylic acids is 1. The van der Waals surface area contributed by atoms with Gasteiger partial charge in [-0.05, 0) is 47.5 Å². The average molecular weight is 441 g/mol. The first-order valence-electron chi connectivity index (χ1n) is 10.3. The predicted octanol–water partition coefficient (Wildman–Crippen LogP) is 5.00. The second kappa shape index (κ2) is 10.7. The summed E-state index contributed by atoms with van der Waals surface area (Å²) in [6, 6.07) is 18.5. The summed E-state index contributed by atoms with van der Waals surface area (Å²) in [4.78, 5) is 23.8. The number of rotatable bonds is 8. The number of amides is 1. The monoisotopic (exact) mass is 441 g/mol.